The molecule has 2 aromatic carbocycles. The van der Waals surface area contributed by atoms with Crippen molar-refractivity contribution in [3.63, 3.8) is 0 Å². The van der Waals surface area contributed by atoms with E-state index in [1.165, 1.54) is 11.8 Å². The number of anilines is 1. The fourth-order valence-corrected chi connectivity index (χ4v) is 2.41. The van der Waals surface area contributed by atoms with Crippen LogP contribution in [0.15, 0.2) is 53.6 Å². The smallest absolute Gasteiger partial charge is 0.329 e. The van der Waals surface area contributed by atoms with Crippen molar-refractivity contribution < 1.29 is 19.1 Å². The lowest BCUT2D eigenvalue weighted by atomic mass is 10.1. The van der Waals surface area contributed by atoms with Gasteiger partial charge in [-0.1, -0.05) is 32.9 Å². The predicted molar refractivity (Wildman–Crippen MR) is 120 cm³/mol. The van der Waals surface area contributed by atoms with E-state index in [0.717, 1.165) is 12.1 Å². The van der Waals surface area contributed by atoms with Crippen molar-refractivity contribution in [1.82, 2.24) is 10.7 Å². The third kappa shape index (κ3) is 8.69. The number of hydrazone groups is 1. The van der Waals surface area contributed by atoms with Gasteiger partial charge in [-0.15, -0.1) is 0 Å². The van der Waals surface area contributed by atoms with Gasteiger partial charge in [-0.25, -0.2) is 5.43 Å². The maximum Gasteiger partial charge on any atom is 0.329 e. The highest BCUT2D eigenvalue weighted by Crippen LogP contribution is 2.12. The first-order valence-corrected chi connectivity index (χ1v) is 10.1. The van der Waals surface area contributed by atoms with Crippen LogP contribution in [0.3, 0.4) is 0 Å². The summed E-state index contributed by atoms with van der Waals surface area (Å²) in [5.74, 6) is -1.04. The molecular weight excluding hydrogens is 396 g/mol. The third-order valence-corrected chi connectivity index (χ3v) is 4.15. The summed E-state index contributed by atoms with van der Waals surface area (Å²) >= 11 is 0. The minimum Gasteiger partial charge on any atom is -0.484 e. The summed E-state index contributed by atoms with van der Waals surface area (Å²) in [6.07, 6.45) is 2.35. The Balaban J connectivity index is 1.75. The quantitative estimate of drug-likeness (QED) is 0.326. The van der Waals surface area contributed by atoms with Crippen LogP contribution in [0.1, 0.15) is 31.9 Å². The summed E-state index contributed by atoms with van der Waals surface area (Å²) in [5, 5.41) is 9.05. The Morgan fingerprint density at radius 2 is 1.68 bits per heavy atom. The Morgan fingerprint density at radius 3 is 2.29 bits per heavy atom. The second kappa shape index (κ2) is 12.1. The van der Waals surface area contributed by atoms with E-state index in [0.29, 0.717) is 17.9 Å². The number of rotatable bonds is 9. The van der Waals surface area contributed by atoms with E-state index in [-0.39, 0.29) is 18.4 Å². The van der Waals surface area contributed by atoms with E-state index in [1.807, 2.05) is 38.1 Å². The van der Waals surface area contributed by atoms with Gasteiger partial charge >= 0.3 is 11.8 Å². The van der Waals surface area contributed by atoms with Gasteiger partial charge in [-0.2, -0.15) is 5.10 Å². The molecule has 0 aliphatic heterocycles. The maximum absolute atomic E-state index is 12.0. The van der Waals surface area contributed by atoms with Crippen molar-refractivity contribution in [2.24, 2.45) is 11.0 Å². The van der Waals surface area contributed by atoms with E-state index < -0.39 is 11.8 Å². The van der Waals surface area contributed by atoms with Crippen LogP contribution in [0.5, 0.6) is 5.75 Å². The maximum atomic E-state index is 12.0. The van der Waals surface area contributed by atoms with Gasteiger partial charge in [0.1, 0.15) is 5.75 Å². The average Bonchev–Trinajstić information content (AvgIpc) is 2.77. The molecule has 0 fully saturated rings. The number of nitrogens with one attached hydrogen (secondary N) is 3. The van der Waals surface area contributed by atoms with Gasteiger partial charge in [-0.05, 0) is 59.9 Å². The molecule has 0 unspecified atom stereocenters. The summed E-state index contributed by atoms with van der Waals surface area (Å²) in [6.45, 7) is 6.23. The highest BCUT2D eigenvalue weighted by molar-refractivity contribution is 6.35. The van der Waals surface area contributed by atoms with Crippen molar-refractivity contribution in [1.29, 1.82) is 0 Å². The SMILES string of the molecule is CCc1ccc(NC(=O)COc2ccc(/C=N\NC(=O)C(=O)NCC(C)C)cc2)cc1. The molecule has 0 aliphatic rings. The summed E-state index contributed by atoms with van der Waals surface area (Å²) in [5.41, 5.74) is 4.78. The molecule has 2 rings (SSSR count). The monoisotopic (exact) mass is 424 g/mol. The zero-order valence-corrected chi connectivity index (χ0v) is 18.0. The molecule has 0 atom stereocenters. The number of aryl methyl sites for hydroxylation is 1. The molecular formula is C23H28N4O4. The molecule has 8 heteroatoms. The van der Waals surface area contributed by atoms with Crippen molar-refractivity contribution in [3.05, 3.63) is 59.7 Å². The predicted octanol–water partition coefficient (Wildman–Crippen LogP) is 2.49. The molecule has 0 heterocycles. The van der Waals surface area contributed by atoms with Gasteiger partial charge in [0.2, 0.25) is 0 Å². The van der Waals surface area contributed by atoms with E-state index >= 15 is 0 Å². The normalized spacial score (nSPS) is 10.7. The number of carbonyl (C=O) groups is 3. The number of hydrogen-bond donors (Lipinski definition) is 3. The van der Waals surface area contributed by atoms with Crippen LogP contribution in [0.2, 0.25) is 0 Å². The molecule has 8 nitrogen and oxygen atoms in total. The first-order valence-electron chi connectivity index (χ1n) is 10.1. The lowest BCUT2D eigenvalue weighted by Crippen LogP contribution is -2.39. The standard InChI is InChI=1S/C23H28N4O4/c1-4-17-5-9-19(10-6-17)26-21(28)15-31-20-11-7-18(8-12-20)14-25-27-23(30)22(29)24-13-16(2)3/h5-12,14,16H,4,13,15H2,1-3H3,(H,24,29)(H,26,28)(H,27,30)/b25-14-. The second-order valence-electron chi connectivity index (χ2n) is 7.26. The van der Waals surface area contributed by atoms with Crippen molar-refractivity contribution in [2.45, 2.75) is 27.2 Å². The summed E-state index contributed by atoms with van der Waals surface area (Å²) in [7, 11) is 0. The molecule has 3 N–H and O–H groups in total. The zero-order chi connectivity index (χ0) is 22.6. The minimum atomic E-state index is -0.827. The van der Waals surface area contributed by atoms with E-state index in [2.05, 4.69) is 28.1 Å². The van der Waals surface area contributed by atoms with Crippen LogP contribution in [0, 0.1) is 5.92 Å². The molecule has 0 aliphatic carbocycles. The van der Waals surface area contributed by atoms with Gasteiger partial charge in [0, 0.05) is 12.2 Å². The summed E-state index contributed by atoms with van der Waals surface area (Å²) in [4.78, 5) is 35.2. The number of hydrogen-bond acceptors (Lipinski definition) is 5. The Bertz CT molecular complexity index is 906. The Kier molecular flexibility index (Phi) is 9.22. The van der Waals surface area contributed by atoms with Gasteiger partial charge < -0.3 is 15.4 Å². The first kappa shape index (κ1) is 23.6. The Labute approximate surface area is 182 Å². The number of amides is 3. The fraction of sp³-hybridized carbons (Fsp3) is 0.304. The van der Waals surface area contributed by atoms with Crippen molar-refractivity contribution in [2.75, 3.05) is 18.5 Å². The number of nitrogens with zero attached hydrogens (tertiary/aromatic N) is 1. The van der Waals surface area contributed by atoms with Crippen LogP contribution in [-0.4, -0.2) is 37.1 Å². The highest BCUT2D eigenvalue weighted by atomic mass is 16.5. The zero-order valence-electron chi connectivity index (χ0n) is 18.0. The Hall–Kier alpha value is -3.68. The molecule has 3 amide bonds. The van der Waals surface area contributed by atoms with Crippen LogP contribution >= 0.6 is 0 Å². The lowest BCUT2D eigenvalue weighted by Gasteiger charge is -2.08. The molecule has 0 aromatic heterocycles. The minimum absolute atomic E-state index is 0.121. The summed E-state index contributed by atoms with van der Waals surface area (Å²) < 4.78 is 5.48. The number of carbonyl (C=O) groups excluding carboxylic acids is 3. The van der Waals surface area contributed by atoms with Crippen LogP contribution < -0.4 is 20.8 Å². The van der Waals surface area contributed by atoms with Crippen molar-refractivity contribution in [3.8, 4) is 5.75 Å². The molecule has 0 spiro atoms. The molecule has 31 heavy (non-hydrogen) atoms. The van der Waals surface area contributed by atoms with Gasteiger partial charge in [0.25, 0.3) is 5.91 Å². The largest absolute Gasteiger partial charge is 0.484 e. The Morgan fingerprint density at radius 1 is 1.00 bits per heavy atom. The van der Waals surface area contributed by atoms with Gasteiger partial charge in [-0.3, -0.25) is 14.4 Å². The molecule has 0 bridgehead atoms. The van der Waals surface area contributed by atoms with E-state index in [9.17, 15) is 14.4 Å². The summed E-state index contributed by atoms with van der Waals surface area (Å²) in [6, 6.07) is 14.4. The molecule has 2 aromatic rings. The average molecular weight is 425 g/mol. The molecule has 0 radical (unpaired) electrons. The molecule has 0 saturated carbocycles. The number of ether oxygens (including phenoxy) is 1. The highest BCUT2D eigenvalue weighted by Gasteiger charge is 2.12. The van der Waals surface area contributed by atoms with Gasteiger partial charge in [0.05, 0.1) is 6.21 Å². The van der Waals surface area contributed by atoms with Gasteiger partial charge in [0.15, 0.2) is 6.61 Å². The second-order valence-corrected chi connectivity index (χ2v) is 7.26. The third-order valence-electron chi connectivity index (χ3n) is 4.15. The van der Waals surface area contributed by atoms with Crippen LogP contribution in [0.4, 0.5) is 5.69 Å². The lowest BCUT2D eigenvalue weighted by molar-refractivity contribution is -0.139. The molecule has 164 valence electrons. The molecule has 0 saturated heterocycles. The van der Waals surface area contributed by atoms with Crippen molar-refractivity contribution >= 4 is 29.6 Å². The van der Waals surface area contributed by atoms with Crippen LogP contribution in [-0.2, 0) is 20.8 Å². The van der Waals surface area contributed by atoms with E-state index in [4.69, 9.17) is 4.74 Å². The fourth-order valence-electron chi connectivity index (χ4n) is 2.41. The number of benzene rings is 2. The van der Waals surface area contributed by atoms with Crippen LogP contribution in [0.25, 0.3) is 0 Å². The first-order chi connectivity index (χ1) is 14.9. The van der Waals surface area contributed by atoms with E-state index in [1.54, 1.807) is 24.3 Å². The topological polar surface area (TPSA) is 109 Å².